The van der Waals surface area contributed by atoms with Crippen LogP contribution in [0.4, 0.5) is 10.5 Å². The fraction of sp³-hybridized carbons (Fsp3) is 0.136. The molecule has 0 aliphatic heterocycles. The van der Waals surface area contributed by atoms with Crippen LogP contribution in [-0.2, 0) is 6.54 Å². The molecule has 3 amide bonds. The molecule has 0 saturated carbocycles. The van der Waals surface area contributed by atoms with Crippen molar-refractivity contribution in [1.29, 1.82) is 0 Å². The number of urea groups is 1. The van der Waals surface area contributed by atoms with Crippen LogP contribution in [0.15, 0.2) is 66.9 Å². The number of hydrogen-bond acceptors (Lipinski definition) is 5. The van der Waals surface area contributed by atoms with Crippen LogP contribution < -0.4 is 25.4 Å². The van der Waals surface area contributed by atoms with E-state index >= 15 is 0 Å². The summed E-state index contributed by atoms with van der Waals surface area (Å²) in [5.41, 5.74) is 1.77. The number of rotatable bonds is 7. The standard InChI is InChI=1S/C22H22N4O4/c1-23-21(27)19-13-17(11-12-24-19)30-16-9-7-15(8-10-16)14-25-22(28)26-18-5-3-4-6-20(18)29-2/h3-13H,14H2,1-2H3,(H,23,27)(H2,25,26,28). The van der Waals surface area contributed by atoms with E-state index in [9.17, 15) is 9.59 Å². The predicted molar refractivity (Wildman–Crippen MR) is 113 cm³/mol. The Labute approximate surface area is 174 Å². The molecule has 8 nitrogen and oxygen atoms in total. The largest absolute Gasteiger partial charge is 0.495 e. The van der Waals surface area contributed by atoms with Crippen molar-refractivity contribution >= 4 is 17.6 Å². The number of pyridine rings is 1. The first-order valence-corrected chi connectivity index (χ1v) is 9.22. The van der Waals surface area contributed by atoms with Crippen LogP contribution in [0.5, 0.6) is 17.2 Å². The summed E-state index contributed by atoms with van der Waals surface area (Å²) in [5, 5.41) is 8.07. The Morgan fingerprint density at radius 1 is 1.00 bits per heavy atom. The fourth-order valence-corrected chi connectivity index (χ4v) is 2.64. The molecular formula is C22H22N4O4. The highest BCUT2D eigenvalue weighted by atomic mass is 16.5. The molecule has 1 heterocycles. The van der Waals surface area contributed by atoms with Gasteiger partial charge >= 0.3 is 6.03 Å². The molecule has 30 heavy (non-hydrogen) atoms. The second-order valence-corrected chi connectivity index (χ2v) is 6.21. The van der Waals surface area contributed by atoms with Gasteiger partial charge in [-0.1, -0.05) is 24.3 Å². The molecule has 0 unspecified atom stereocenters. The van der Waals surface area contributed by atoms with E-state index in [1.54, 1.807) is 50.6 Å². The summed E-state index contributed by atoms with van der Waals surface area (Å²) in [5.74, 6) is 1.41. The molecule has 3 aromatic rings. The van der Waals surface area contributed by atoms with E-state index in [4.69, 9.17) is 9.47 Å². The summed E-state index contributed by atoms with van der Waals surface area (Å²) in [6.45, 7) is 0.345. The zero-order valence-corrected chi connectivity index (χ0v) is 16.6. The number of anilines is 1. The molecule has 154 valence electrons. The molecule has 1 aromatic heterocycles. The Hall–Kier alpha value is -4.07. The molecule has 0 saturated heterocycles. The van der Waals surface area contributed by atoms with Gasteiger partial charge < -0.3 is 25.4 Å². The first kappa shape index (κ1) is 20.7. The van der Waals surface area contributed by atoms with E-state index < -0.39 is 0 Å². The normalized spacial score (nSPS) is 10.1. The van der Waals surface area contributed by atoms with Gasteiger partial charge in [-0.15, -0.1) is 0 Å². The third-order valence-electron chi connectivity index (χ3n) is 4.16. The lowest BCUT2D eigenvalue weighted by atomic mass is 10.2. The Kier molecular flexibility index (Phi) is 6.83. The van der Waals surface area contributed by atoms with Gasteiger partial charge in [0.2, 0.25) is 0 Å². The van der Waals surface area contributed by atoms with Crippen LogP contribution in [0, 0.1) is 0 Å². The molecule has 0 fully saturated rings. The third kappa shape index (κ3) is 5.48. The maximum Gasteiger partial charge on any atom is 0.319 e. The van der Waals surface area contributed by atoms with Crippen LogP contribution in [-0.4, -0.2) is 31.1 Å². The average molecular weight is 406 g/mol. The first-order valence-electron chi connectivity index (χ1n) is 9.22. The minimum Gasteiger partial charge on any atom is -0.495 e. The SMILES string of the molecule is CNC(=O)c1cc(Oc2ccc(CNC(=O)Nc3ccccc3OC)cc2)ccn1. The third-order valence-corrected chi connectivity index (χ3v) is 4.16. The van der Waals surface area contributed by atoms with E-state index in [-0.39, 0.29) is 17.6 Å². The molecule has 0 spiro atoms. The molecule has 0 bridgehead atoms. The molecule has 0 radical (unpaired) electrons. The van der Waals surface area contributed by atoms with Gasteiger partial charge in [0.25, 0.3) is 5.91 Å². The Morgan fingerprint density at radius 3 is 2.50 bits per heavy atom. The van der Waals surface area contributed by atoms with Crippen molar-refractivity contribution in [3.8, 4) is 17.2 Å². The number of para-hydroxylation sites is 2. The number of nitrogens with zero attached hydrogens (tertiary/aromatic N) is 1. The maximum atomic E-state index is 12.1. The average Bonchev–Trinajstić information content (AvgIpc) is 2.78. The molecular weight excluding hydrogens is 384 g/mol. The van der Waals surface area contributed by atoms with Crippen molar-refractivity contribution in [2.45, 2.75) is 6.54 Å². The number of hydrogen-bond donors (Lipinski definition) is 3. The smallest absolute Gasteiger partial charge is 0.319 e. The van der Waals surface area contributed by atoms with Gasteiger partial charge in [0, 0.05) is 25.9 Å². The van der Waals surface area contributed by atoms with E-state index in [0.29, 0.717) is 29.5 Å². The van der Waals surface area contributed by atoms with Crippen molar-refractivity contribution in [2.75, 3.05) is 19.5 Å². The van der Waals surface area contributed by atoms with Gasteiger partial charge in [0.1, 0.15) is 22.9 Å². The van der Waals surface area contributed by atoms with E-state index in [1.165, 1.54) is 6.20 Å². The summed E-state index contributed by atoms with van der Waals surface area (Å²) >= 11 is 0. The van der Waals surface area contributed by atoms with E-state index in [1.807, 2.05) is 24.3 Å². The second-order valence-electron chi connectivity index (χ2n) is 6.21. The van der Waals surface area contributed by atoms with Gasteiger partial charge in [0.15, 0.2) is 0 Å². The Bertz CT molecular complexity index is 1020. The number of benzene rings is 2. The number of carbonyl (C=O) groups excluding carboxylic acids is 2. The summed E-state index contributed by atoms with van der Waals surface area (Å²) in [7, 11) is 3.09. The number of aromatic nitrogens is 1. The summed E-state index contributed by atoms with van der Waals surface area (Å²) in [6, 6.07) is 17.4. The van der Waals surface area contributed by atoms with Crippen LogP contribution in [0.1, 0.15) is 16.1 Å². The first-order chi connectivity index (χ1) is 14.6. The fourth-order valence-electron chi connectivity index (χ4n) is 2.64. The zero-order chi connectivity index (χ0) is 21.3. The van der Waals surface area contributed by atoms with Crippen LogP contribution in [0.25, 0.3) is 0 Å². The summed E-state index contributed by atoms with van der Waals surface area (Å²) in [4.78, 5) is 27.8. The lowest BCUT2D eigenvalue weighted by Crippen LogP contribution is -2.28. The van der Waals surface area contributed by atoms with Crippen molar-refractivity contribution < 1.29 is 19.1 Å². The Balaban J connectivity index is 1.54. The molecule has 2 aromatic carbocycles. The van der Waals surface area contributed by atoms with Gasteiger partial charge in [-0.25, -0.2) is 4.79 Å². The number of methoxy groups -OCH3 is 1. The Morgan fingerprint density at radius 2 is 1.77 bits per heavy atom. The van der Waals surface area contributed by atoms with Crippen LogP contribution in [0.3, 0.4) is 0 Å². The van der Waals surface area contributed by atoms with Crippen molar-refractivity contribution in [1.82, 2.24) is 15.6 Å². The lowest BCUT2D eigenvalue weighted by molar-refractivity contribution is 0.0958. The van der Waals surface area contributed by atoms with Gasteiger partial charge in [-0.3, -0.25) is 9.78 Å². The molecule has 0 aliphatic carbocycles. The number of nitrogens with one attached hydrogen (secondary N) is 3. The highest BCUT2D eigenvalue weighted by Crippen LogP contribution is 2.23. The quantitative estimate of drug-likeness (QED) is 0.557. The molecule has 3 rings (SSSR count). The second kappa shape index (κ2) is 9.92. The van der Waals surface area contributed by atoms with Crippen molar-refractivity contribution in [3.05, 3.63) is 78.1 Å². The molecule has 0 aliphatic rings. The molecule has 0 atom stereocenters. The number of carbonyl (C=O) groups is 2. The monoisotopic (exact) mass is 406 g/mol. The van der Waals surface area contributed by atoms with E-state index in [2.05, 4.69) is 20.9 Å². The topological polar surface area (TPSA) is 102 Å². The highest BCUT2D eigenvalue weighted by molar-refractivity contribution is 5.92. The molecule has 3 N–H and O–H groups in total. The van der Waals surface area contributed by atoms with Crippen LogP contribution >= 0.6 is 0 Å². The van der Waals surface area contributed by atoms with Crippen molar-refractivity contribution in [3.63, 3.8) is 0 Å². The summed E-state index contributed by atoms with van der Waals surface area (Å²) in [6.07, 6.45) is 1.51. The highest BCUT2D eigenvalue weighted by Gasteiger charge is 2.08. The van der Waals surface area contributed by atoms with Gasteiger partial charge in [-0.2, -0.15) is 0 Å². The van der Waals surface area contributed by atoms with E-state index in [0.717, 1.165) is 5.56 Å². The minimum atomic E-state index is -0.335. The number of ether oxygens (including phenoxy) is 2. The molecule has 8 heteroatoms. The maximum absolute atomic E-state index is 12.1. The van der Waals surface area contributed by atoms with Gasteiger partial charge in [0.05, 0.1) is 12.8 Å². The summed E-state index contributed by atoms with van der Waals surface area (Å²) < 4.78 is 11.0. The van der Waals surface area contributed by atoms with Gasteiger partial charge in [-0.05, 0) is 35.9 Å². The lowest BCUT2D eigenvalue weighted by Gasteiger charge is -2.11. The van der Waals surface area contributed by atoms with Crippen LogP contribution in [0.2, 0.25) is 0 Å². The number of amides is 3. The zero-order valence-electron chi connectivity index (χ0n) is 16.6. The predicted octanol–water partition coefficient (Wildman–Crippen LogP) is 3.56. The van der Waals surface area contributed by atoms with Crippen molar-refractivity contribution in [2.24, 2.45) is 0 Å². The minimum absolute atomic E-state index is 0.275.